The molecule has 0 saturated carbocycles. The third-order valence-corrected chi connectivity index (χ3v) is 3.09. The minimum Gasteiger partial charge on any atom is -0.493 e. The van der Waals surface area contributed by atoms with Crippen molar-refractivity contribution >= 4 is 5.97 Å². The number of hydrogen-bond acceptors (Lipinski definition) is 4. The predicted octanol–water partition coefficient (Wildman–Crippen LogP) is 2.70. The summed E-state index contributed by atoms with van der Waals surface area (Å²) in [5, 5.41) is 13.4. The molecule has 2 rings (SSSR count). The van der Waals surface area contributed by atoms with Gasteiger partial charge in [-0.05, 0) is 25.1 Å². The van der Waals surface area contributed by atoms with Crippen molar-refractivity contribution in [2.24, 2.45) is 7.05 Å². The van der Waals surface area contributed by atoms with E-state index in [0.717, 1.165) is 0 Å². The Bertz CT molecular complexity index is 713. The first kappa shape index (κ1) is 15.7. The van der Waals surface area contributed by atoms with E-state index in [9.17, 15) is 18.7 Å². The van der Waals surface area contributed by atoms with Crippen LogP contribution in [-0.2, 0) is 7.05 Å². The average molecular weight is 312 g/mol. The summed E-state index contributed by atoms with van der Waals surface area (Å²) in [5.41, 5.74) is 1.02. The molecule has 6 nitrogen and oxygen atoms in total. The molecule has 0 aliphatic carbocycles. The number of rotatable bonds is 5. The molecule has 8 heteroatoms. The van der Waals surface area contributed by atoms with Gasteiger partial charge in [0, 0.05) is 12.6 Å². The number of aromatic carboxylic acids is 1. The van der Waals surface area contributed by atoms with Gasteiger partial charge in [-0.25, -0.2) is 4.79 Å². The molecule has 0 unspecified atom stereocenters. The second-order valence-electron chi connectivity index (χ2n) is 4.48. The van der Waals surface area contributed by atoms with Crippen molar-refractivity contribution < 1.29 is 28.2 Å². The van der Waals surface area contributed by atoms with Crippen molar-refractivity contribution in [3.8, 4) is 22.8 Å². The van der Waals surface area contributed by atoms with E-state index < -0.39 is 12.6 Å². The van der Waals surface area contributed by atoms with Crippen LogP contribution >= 0.6 is 0 Å². The molecule has 0 saturated heterocycles. The zero-order valence-corrected chi connectivity index (χ0v) is 12.1. The molecule has 1 heterocycles. The number of benzene rings is 1. The van der Waals surface area contributed by atoms with Crippen molar-refractivity contribution in [2.75, 3.05) is 7.11 Å². The minimum atomic E-state index is -3.02. The average Bonchev–Trinajstić information content (AvgIpc) is 2.72. The SMILES string of the molecule is COc1ccc(-c2c(C(=O)O)c(C)nn2C)cc1OC(F)F. The Morgan fingerprint density at radius 3 is 2.59 bits per heavy atom. The van der Waals surface area contributed by atoms with E-state index in [1.807, 2.05) is 0 Å². The summed E-state index contributed by atoms with van der Waals surface area (Å²) in [7, 11) is 2.90. The Morgan fingerprint density at radius 2 is 2.05 bits per heavy atom. The zero-order valence-electron chi connectivity index (χ0n) is 12.1. The van der Waals surface area contributed by atoms with Crippen LogP contribution in [0, 0.1) is 6.92 Å². The van der Waals surface area contributed by atoms with Crippen molar-refractivity contribution in [2.45, 2.75) is 13.5 Å². The van der Waals surface area contributed by atoms with Crippen LogP contribution in [0.1, 0.15) is 16.1 Å². The lowest BCUT2D eigenvalue weighted by Gasteiger charge is -2.12. The molecule has 0 bridgehead atoms. The molecule has 0 radical (unpaired) electrons. The molecule has 0 fully saturated rings. The lowest BCUT2D eigenvalue weighted by Crippen LogP contribution is -2.05. The lowest BCUT2D eigenvalue weighted by atomic mass is 10.1. The van der Waals surface area contributed by atoms with Crippen LogP contribution < -0.4 is 9.47 Å². The molecule has 1 aromatic carbocycles. The largest absolute Gasteiger partial charge is 0.493 e. The maximum absolute atomic E-state index is 12.5. The van der Waals surface area contributed by atoms with Crippen LogP contribution in [0.4, 0.5) is 8.78 Å². The van der Waals surface area contributed by atoms with Crippen LogP contribution in [0.15, 0.2) is 18.2 Å². The van der Waals surface area contributed by atoms with Crippen LogP contribution in [0.25, 0.3) is 11.3 Å². The van der Waals surface area contributed by atoms with Crippen molar-refractivity contribution in [3.05, 3.63) is 29.5 Å². The number of carbonyl (C=O) groups is 1. The number of alkyl halides is 2. The third kappa shape index (κ3) is 2.85. The second kappa shape index (κ2) is 6.00. The molecule has 1 N–H and O–H groups in total. The minimum absolute atomic E-state index is 0.00987. The second-order valence-corrected chi connectivity index (χ2v) is 4.48. The van der Waals surface area contributed by atoms with Gasteiger partial charge in [-0.1, -0.05) is 0 Å². The first-order valence-corrected chi connectivity index (χ1v) is 6.25. The number of carboxylic acids is 1. The zero-order chi connectivity index (χ0) is 16.4. The summed E-state index contributed by atoms with van der Waals surface area (Å²) in [6, 6.07) is 4.29. The van der Waals surface area contributed by atoms with Gasteiger partial charge >= 0.3 is 12.6 Å². The fourth-order valence-corrected chi connectivity index (χ4v) is 2.26. The quantitative estimate of drug-likeness (QED) is 0.919. The fraction of sp³-hybridized carbons (Fsp3) is 0.286. The van der Waals surface area contributed by atoms with E-state index in [-0.39, 0.29) is 17.1 Å². The number of methoxy groups -OCH3 is 1. The molecule has 0 aliphatic heterocycles. The van der Waals surface area contributed by atoms with Gasteiger partial charge in [0.1, 0.15) is 5.56 Å². The van der Waals surface area contributed by atoms with Gasteiger partial charge in [-0.2, -0.15) is 13.9 Å². The first-order valence-electron chi connectivity index (χ1n) is 6.25. The Labute approximate surface area is 124 Å². The van der Waals surface area contributed by atoms with Crippen LogP contribution in [0.2, 0.25) is 0 Å². The van der Waals surface area contributed by atoms with Gasteiger partial charge in [-0.15, -0.1) is 0 Å². The topological polar surface area (TPSA) is 73.6 Å². The van der Waals surface area contributed by atoms with E-state index in [2.05, 4.69) is 9.84 Å². The van der Waals surface area contributed by atoms with E-state index in [1.165, 1.54) is 23.9 Å². The molecule has 22 heavy (non-hydrogen) atoms. The fourth-order valence-electron chi connectivity index (χ4n) is 2.26. The van der Waals surface area contributed by atoms with Crippen molar-refractivity contribution in [1.29, 1.82) is 0 Å². The maximum Gasteiger partial charge on any atom is 0.387 e. The van der Waals surface area contributed by atoms with Gasteiger partial charge in [0.15, 0.2) is 11.5 Å². The maximum atomic E-state index is 12.5. The number of aryl methyl sites for hydroxylation is 2. The number of halogens is 2. The number of nitrogens with zero attached hydrogens (tertiary/aromatic N) is 2. The number of ether oxygens (including phenoxy) is 2. The molecule has 0 atom stereocenters. The molecular formula is C14H14F2N2O4. The normalized spacial score (nSPS) is 10.8. The summed E-state index contributed by atoms with van der Waals surface area (Å²) >= 11 is 0. The van der Waals surface area contributed by atoms with E-state index in [4.69, 9.17) is 4.74 Å². The Hall–Kier alpha value is -2.64. The van der Waals surface area contributed by atoms with E-state index >= 15 is 0 Å². The van der Waals surface area contributed by atoms with Crippen molar-refractivity contribution in [3.63, 3.8) is 0 Å². The highest BCUT2D eigenvalue weighted by Gasteiger charge is 2.22. The van der Waals surface area contributed by atoms with Crippen molar-refractivity contribution in [1.82, 2.24) is 9.78 Å². The predicted molar refractivity (Wildman–Crippen MR) is 73.5 cm³/mol. The number of hydrogen-bond donors (Lipinski definition) is 1. The van der Waals surface area contributed by atoms with Crippen LogP contribution in [-0.4, -0.2) is 34.6 Å². The summed E-state index contributed by atoms with van der Waals surface area (Å²) in [4.78, 5) is 11.4. The summed E-state index contributed by atoms with van der Waals surface area (Å²) < 4.78 is 35.7. The van der Waals surface area contributed by atoms with E-state index in [1.54, 1.807) is 20.0 Å². The molecule has 0 amide bonds. The first-order chi connectivity index (χ1) is 10.3. The Kier molecular flexibility index (Phi) is 4.30. The van der Waals surface area contributed by atoms with Crippen LogP contribution in [0.5, 0.6) is 11.5 Å². The summed E-state index contributed by atoms with van der Waals surface area (Å²) in [6.45, 7) is -1.45. The van der Waals surface area contributed by atoms with Gasteiger partial charge in [0.05, 0.1) is 18.5 Å². The number of carboxylic acid groups (broad SMARTS) is 1. The van der Waals surface area contributed by atoms with Gasteiger partial charge < -0.3 is 14.6 Å². The Balaban J connectivity index is 2.61. The highest BCUT2D eigenvalue weighted by Crippen LogP contribution is 2.35. The van der Waals surface area contributed by atoms with Gasteiger partial charge in [0.25, 0.3) is 0 Å². The van der Waals surface area contributed by atoms with E-state index in [0.29, 0.717) is 17.0 Å². The standard InChI is InChI=1S/C14H14F2N2O4/c1-7-11(13(19)20)12(18(2)17-7)8-4-5-9(21-3)10(6-8)22-14(15)16/h4-6,14H,1-3H3,(H,19,20). The van der Waals surface area contributed by atoms with Crippen LogP contribution in [0.3, 0.4) is 0 Å². The molecule has 2 aromatic rings. The van der Waals surface area contributed by atoms with Gasteiger partial charge in [-0.3, -0.25) is 4.68 Å². The highest BCUT2D eigenvalue weighted by molar-refractivity contribution is 5.96. The number of aromatic nitrogens is 2. The summed E-state index contributed by atoms with van der Waals surface area (Å²) in [5.74, 6) is -1.20. The summed E-state index contributed by atoms with van der Waals surface area (Å²) in [6.07, 6.45) is 0. The molecular weight excluding hydrogens is 298 g/mol. The Morgan fingerprint density at radius 1 is 1.36 bits per heavy atom. The van der Waals surface area contributed by atoms with Gasteiger partial charge in [0.2, 0.25) is 0 Å². The monoisotopic (exact) mass is 312 g/mol. The lowest BCUT2D eigenvalue weighted by molar-refractivity contribution is -0.0511. The molecule has 118 valence electrons. The smallest absolute Gasteiger partial charge is 0.387 e. The molecule has 0 aliphatic rings. The highest BCUT2D eigenvalue weighted by atomic mass is 19.3. The molecule has 1 aromatic heterocycles. The molecule has 0 spiro atoms. The third-order valence-electron chi connectivity index (χ3n) is 3.09.